The van der Waals surface area contributed by atoms with Gasteiger partial charge in [-0.05, 0) is 55.8 Å². The zero-order chi connectivity index (χ0) is 12.0. The summed E-state index contributed by atoms with van der Waals surface area (Å²) in [6.45, 7) is 5.92. The minimum Gasteiger partial charge on any atom is -0.462 e. The fraction of sp³-hybridized carbons (Fsp3) is 0.667. The van der Waals surface area contributed by atoms with Crippen molar-refractivity contribution < 1.29 is 9.53 Å². The summed E-state index contributed by atoms with van der Waals surface area (Å²) >= 11 is 0. The maximum Gasteiger partial charge on any atom is 0.333 e. The lowest BCUT2D eigenvalue weighted by Gasteiger charge is -2.30. The van der Waals surface area contributed by atoms with Gasteiger partial charge in [0.2, 0.25) is 0 Å². The van der Waals surface area contributed by atoms with Gasteiger partial charge < -0.3 is 4.74 Å². The second-order valence-corrected chi connectivity index (χ2v) is 5.94. The van der Waals surface area contributed by atoms with Gasteiger partial charge in [0.25, 0.3) is 0 Å². The topological polar surface area (TPSA) is 26.3 Å². The van der Waals surface area contributed by atoms with Crippen LogP contribution in [0.5, 0.6) is 0 Å². The van der Waals surface area contributed by atoms with E-state index in [0.29, 0.717) is 18.1 Å². The molecule has 0 aromatic rings. The van der Waals surface area contributed by atoms with Crippen molar-refractivity contribution in [1.29, 1.82) is 0 Å². The number of hydrogen-bond donors (Lipinski definition) is 0. The molecular weight excluding hydrogens is 212 g/mol. The van der Waals surface area contributed by atoms with Gasteiger partial charge in [-0.2, -0.15) is 0 Å². The summed E-state index contributed by atoms with van der Waals surface area (Å²) in [5.74, 6) is 3.70. The molecule has 0 heterocycles. The Bertz CT molecular complexity index is 382. The van der Waals surface area contributed by atoms with E-state index >= 15 is 0 Å². The van der Waals surface area contributed by atoms with Crippen LogP contribution in [-0.2, 0) is 9.53 Å². The minimum atomic E-state index is -0.230. The van der Waals surface area contributed by atoms with Crippen molar-refractivity contribution in [2.24, 2.45) is 29.6 Å². The smallest absolute Gasteiger partial charge is 0.333 e. The number of ether oxygens (including phenoxy) is 1. The van der Waals surface area contributed by atoms with Crippen molar-refractivity contribution in [3.8, 4) is 0 Å². The maximum atomic E-state index is 11.4. The molecule has 0 spiro atoms. The van der Waals surface area contributed by atoms with E-state index in [1.807, 2.05) is 0 Å². The van der Waals surface area contributed by atoms with Crippen LogP contribution in [0.15, 0.2) is 24.3 Å². The largest absolute Gasteiger partial charge is 0.462 e. The summed E-state index contributed by atoms with van der Waals surface area (Å²) in [6.07, 6.45) is 8.65. The van der Waals surface area contributed by atoms with Crippen LogP contribution in [0.2, 0.25) is 0 Å². The SMILES string of the molecule is C=C(C)C(=O)OCC1CC2CC1C1C=CCC21. The zero-order valence-electron chi connectivity index (χ0n) is 10.4. The maximum absolute atomic E-state index is 11.4. The Hall–Kier alpha value is -1.05. The lowest BCUT2D eigenvalue weighted by atomic mass is 9.76. The number of carbonyl (C=O) groups is 1. The first-order valence-corrected chi connectivity index (χ1v) is 6.66. The van der Waals surface area contributed by atoms with E-state index in [4.69, 9.17) is 4.74 Å². The van der Waals surface area contributed by atoms with Gasteiger partial charge in [-0.15, -0.1) is 0 Å². The molecule has 5 atom stereocenters. The average molecular weight is 232 g/mol. The van der Waals surface area contributed by atoms with E-state index in [9.17, 15) is 4.79 Å². The lowest BCUT2D eigenvalue weighted by molar-refractivity contribution is -0.141. The molecule has 0 aromatic heterocycles. The Morgan fingerprint density at radius 2 is 2.24 bits per heavy atom. The van der Waals surface area contributed by atoms with Gasteiger partial charge in [0.15, 0.2) is 0 Å². The van der Waals surface area contributed by atoms with Gasteiger partial charge in [0.1, 0.15) is 0 Å². The number of esters is 1. The molecule has 2 nitrogen and oxygen atoms in total. The first kappa shape index (κ1) is 11.1. The van der Waals surface area contributed by atoms with Gasteiger partial charge in [0, 0.05) is 5.57 Å². The minimum absolute atomic E-state index is 0.230. The van der Waals surface area contributed by atoms with Gasteiger partial charge >= 0.3 is 5.97 Å². The van der Waals surface area contributed by atoms with Crippen LogP contribution in [0.1, 0.15) is 26.2 Å². The van der Waals surface area contributed by atoms with Crippen LogP contribution in [-0.4, -0.2) is 12.6 Å². The highest BCUT2D eigenvalue weighted by Crippen LogP contribution is 2.58. The van der Waals surface area contributed by atoms with Crippen molar-refractivity contribution in [1.82, 2.24) is 0 Å². The molecule has 5 unspecified atom stereocenters. The molecule has 17 heavy (non-hydrogen) atoms. The predicted octanol–water partition coefficient (Wildman–Crippen LogP) is 2.95. The molecule has 3 aliphatic rings. The van der Waals surface area contributed by atoms with Crippen LogP contribution in [0.3, 0.4) is 0 Å². The van der Waals surface area contributed by atoms with Crippen molar-refractivity contribution in [3.05, 3.63) is 24.3 Å². The molecule has 0 N–H and O–H groups in total. The number of fused-ring (bicyclic) bond motifs is 5. The van der Waals surface area contributed by atoms with E-state index in [-0.39, 0.29) is 5.97 Å². The monoisotopic (exact) mass is 232 g/mol. The van der Waals surface area contributed by atoms with Gasteiger partial charge in [-0.3, -0.25) is 0 Å². The van der Waals surface area contributed by atoms with E-state index in [1.165, 1.54) is 19.3 Å². The van der Waals surface area contributed by atoms with Gasteiger partial charge in [0.05, 0.1) is 6.61 Å². The second kappa shape index (κ2) is 4.01. The molecule has 0 radical (unpaired) electrons. The van der Waals surface area contributed by atoms with E-state index < -0.39 is 0 Å². The Labute approximate surface area is 103 Å². The van der Waals surface area contributed by atoms with E-state index in [1.54, 1.807) is 6.92 Å². The summed E-state index contributed by atoms with van der Waals surface area (Å²) in [5.41, 5.74) is 0.506. The molecule has 2 heteroatoms. The number of hydrogen-bond acceptors (Lipinski definition) is 2. The quantitative estimate of drug-likeness (QED) is 0.425. The normalized spacial score (nSPS) is 41.6. The molecule has 0 amide bonds. The van der Waals surface area contributed by atoms with Crippen LogP contribution >= 0.6 is 0 Å². The molecule has 92 valence electrons. The summed E-state index contributed by atoms with van der Waals surface area (Å²) in [7, 11) is 0. The second-order valence-electron chi connectivity index (χ2n) is 5.94. The predicted molar refractivity (Wildman–Crippen MR) is 66.2 cm³/mol. The molecule has 3 rings (SSSR count). The molecule has 0 aliphatic heterocycles. The Balaban J connectivity index is 1.59. The van der Waals surface area contributed by atoms with Crippen molar-refractivity contribution in [3.63, 3.8) is 0 Å². The first-order chi connectivity index (χ1) is 8.16. The third-order valence-electron chi connectivity index (χ3n) is 4.92. The summed E-state index contributed by atoms with van der Waals surface area (Å²) in [6, 6.07) is 0. The highest BCUT2D eigenvalue weighted by atomic mass is 16.5. The fourth-order valence-electron chi connectivity index (χ4n) is 4.18. The van der Waals surface area contributed by atoms with Crippen LogP contribution in [0.25, 0.3) is 0 Å². The van der Waals surface area contributed by atoms with E-state index in [0.717, 1.165) is 23.7 Å². The molecule has 2 saturated carbocycles. The van der Waals surface area contributed by atoms with Gasteiger partial charge in [-0.1, -0.05) is 18.7 Å². The fourth-order valence-corrected chi connectivity index (χ4v) is 4.18. The van der Waals surface area contributed by atoms with Crippen molar-refractivity contribution >= 4 is 5.97 Å². The Morgan fingerprint density at radius 3 is 3.00 bits per heavy atom. The summed E-state index contributed by atoms with van der Waals surface area (Å²) in [4.78, 5) is 11.4. The molecular formula is C15H20O2. The van der Waals surface area contributed by atoms with Crippen LogP contribution in [0, 0.1) is 29.6 Å². The molecule has 0 saturated heterocycles. The highest BCUT2D eigenvalue weighted by Gasteiger charge is 2.52. The van der Waals surface area contributed by atoms with E-state index in [2.05, 4.69) is 18.7 Å². The highest BCUT2D eigenvalue weighted by molar-refractivity contribution is 5.86. The molecule has 2 fully saturated rings. The van der Waals surface area contributed by atoms with Gasteiger partial charge in [-0.25, -0.2) is 4.79 Å². The van der Waals surface area contributed by atoms with Crippen molar-refractivity contribution in [2.45, 2.75) is 26.2 Å². The number of rotatable bonds is 3. The standard InChI is InChI=1S/C15H20O2/c1-9(2)15(16)17-8-11-6-10-7-14(11)13-5-3-4-12(10)13/h3,5,10-14H,1,4,6-8H2,2H3. The Morgan fingerprint density at radius 1 is 1.41 bits per heavy atom. The summed E-state index contributed by atoms with van der Waals surface area (Å²) in [5, 5.41) is 0. The average Bonchev–Trinajstić information content (AvgIpc) is 2.96. The molecule has 3 aliphatic carbocycles. The molecule has 0 aromatic carbocycles. The number of allylic oxidation sites excluding steroid dienone is 2. The van der Waals surface area contributed by atoms with Crippen LogP contribution in [0.4, 0.5) is 0 Å². The third kappa shape index (κ3) is 1.74. The molecule has 2 bridgehead atoms. The first-order valence-electron chi connectivity index (χ1n) is 6.66. The van der Waals surface area contributed by atoms with Crippen LogP contribution < -0.4 is 0 Å². The number of carbonyl (C=O) groups excluding carboxylic acids is 1. The van der Waals surface area contributed by atoms with Crippen molar-refractivity contribution in [2.75, 3.05) is 6.61 Å². The lowest BCUT2D eigenvalue weighted by Crippen LogP contribution is -2.28. The Kier molecular flexibility index (Phi) is 2.61. The summed E-state index contributed by atoms with van der Waals surface area (Å²) < 4.78 is 5.33. The third-order valence-corrected chi connectivity index (χ3v) is 4.92. The zero-order valence-corrected chi connectivity index (χ0v) is 10.4.